The number of carbonyl (C=O) groups is 1. The van der Waals surface area contributed by atoms with Gasteiger partial charge in [0.2, 0.25) is 0 Å². The number of nitrogens with zero attached hydrogens (tertiary/aromatic N) is 3. The lowest BCUT2D eigenvalue weighted by Crippen LogP contribution is -2.07. The maximum absolute atomic E-state index is 12.6. The summed E-state index contributed by atoms with van der Waals surface area (Å²) in [7, 11) is 0. The Hall–Kier alpha value is -2.06. The second kappa shape index (κ2) is 8.16. The molecule has 130 valence electrons. The van der Waals surface area contributed by atoms with E-state index in [1.54, 1.807) is 13.8 Å². The number of rotatable bonds is 2. The van der Waals surface area contributed by atoms with Crippen LogP contribution in [0.2, 0.25) is 10.0 Å². The smallest absolute Gasteiger partial charge is 0.411 e. The Morgan fingerprint density at radius 2 is 1.79 bits per heavy atom. The molecule has 0 amide bonds. The highest BCUT2D eigenvalue weighted by Crippen LogP contribution is 2.37. The third kappa shape index (κ3) is 4.72. The molecule has 0 unspecified atom stereocenters. The van der Waals surface area contributed by atoms with E-state index >= 15 is 0 Å². The van der Waals surface area contributed by atoms with Crippen LogP contribution in [0, 0.1) is 6.92 Å². The normalized spacial score (nSPS) is 11.3. The number of oxime groups is 1. The summed E-state index contributed by atoms with van der Waals surface area (Å²) < 4.78 is 39.0. The molecule has 1 heterocycles. The lowest BCUT2D eigenvalue weighted by atomic mass is 10.2. The molecular formula is C14H12Cl2F3N3O2. The van der Waals surface area contributed by atoms with Crippen molar-refractivity contribution in [1.82, 2.24) is 9.78 Å². The van der Waals surface area contributed by atoms with Crippen LogP contribution in [0.1, 0.15) is 28.5 Å². The van der Waals surface area contributed by atoms with Crippen LogP contribution < -0.4 is 0 Å². The lowest BCUT2D eigenvalue weighted by molar-refractivity contribution is -0.137. The number of aromatic nitrogens is 2. The quantitative estimate of drug-likeness (QED) is 0.352. The predicted molar refractivity (Wildman–Crippen MR) is 84.7 cm³/mol. The summed E-state index contributed by atoms with van der Waals surface area (Å²) >= 11 is 11.7. The number of aryl methyl sites for hydroxylation is 1. The SMILES string of the molecule is CC=NO.Cc1nn(-c2c(Cl)cc(C(F)(F)F)cc2Cl)cc1C=O. The molecular weight excluding hydrogens is 370 g/mol. The molecule has 2 rings (SSSR count). The number of alkyl halides is 3. The number of hydrogen-bond acceptors (Lipinski definition) is 4. The topological polar surface area (TPSA) is 67.5 Å². The molecule has 24 heavy (non-hydrogen) atoms. The van der Waals surface area contributed by atoms with Crippen molar-refractivity contribution in [3.63, 3.8) is 0 Å². The Kier molecular flexibility index (Phi) is 6.80. The minimum absolute atomic E-state index is 0.0949. The van der Waals surface area contributed by atoms with Gasteiger partial charge >= 0.3 is 6.18 Å². The summed E-state index contributed by atoms with van der Waals surface area (Å²) in [5, 5.41) is 13.6. The average molecular weight is 382 g/mol. The highest BCUT2D eigenvalue weighted by atomic mass is 35.5. The van der Waals surface area contributed by atoms with Crippen molar-refractivity contribution in [2.75, 3.05) is 0 Å². The molecule has 0 radical (unpaired) electrons. The van der Waals surface area contributed by atoms with Crippen LogP contribution in [0.4, 0.5) is 13.2 Å². The number of halogens is 5. The first-order valence-corrected chi connectivity index (χ1v) is 7.11. The van der Waals surface area contributed by atoms with Crippen molar-refractivity contribution < 1.29 is 23.2 Å². The van der Waals surface area contributed by atoms with Gasteiger partial charge in [-0.2, -0.15) is 18.3 Å². The van der Waals surface area contributed by atoms with E-state index in [9.17, 15) is 18.0 Å². The van der Waals surface area contributed by atoms with Crippen LogP contribution >= 0.6 is 23.2 Å². The first-order valence-electron chi connectivity index (χ1n) is 6.35. The zero-order valence-corrected chi connectivity index (χ0v) is 14.0. The predicted octanol–water partition coefficient (Wildman–Crippen LogP) is 4.79. The van der Waals surface area contributed by atoms with Gasteiger partial charge in [-0.15, -0.1) is 5.16 Å². The van der Waals surface area contributed by atoms with E-state index in [0.29, 0.717) is 17.5 Å². The van der Waals surface area contributed by atoms with Crippen molar-refractivity contribution in [3.05, 3.63) is 45.2 Å². The monoisotopic (exact) mass is 381 g/mol. The van der Waals surface area contributed by atoms with E-state index < -0.39 is 11.7 Å². The zero-order chi connectivity index (χ0) is 18.5. The summed E-state index contributed by atoms with van der Waals surface area (Å²) in [6.07, 6.45) is -1.30. The highest BCUT2D eigenvalue weighted by molar-refractivity contribution is 6.37. The summed E-state index contributed by atoms with van der Waals surface area (Å²) in [6, 6.07) is 1.53. The number of carbonyl (C=O) groups excluding carboxylic acids is 1. The van der Waals surface area contributed by atoms with Gasteiger partial charge in [0, 0.05) is 12.4 Å². The molecule has 0 fully saturated rings. The summed E-state index contributed by atoms with van der Waals surface area (Å²) in [5.41, 5.74) is -0.127. The Balaban J connectivity index is 0.000000648. The van der Waals surface area contributed by atoms with Crippen molar-refractivity contribution in [2.24, 2.45) is 5.16 Å². The van der Waals surface area contributed by atoms with Crippen LogP contribution in [-0.2, 0) is 6.18 Å². The average Bonchev–Trinajstić information content (AvgIpc) is 2.86. The van der Waals surface area contributed by atoms with Crippen LogP contribution in [0.25, 0.3) is 5.69 Å². The largest absolute Gasteiger partial charge is 0.416 e. The van der Waals surface area contributed by atoms with Gasteiger partial charge in [0.15, 0.2) is 6.29 Å². The Morgan fingerprint density at radius 3 is 2.12 bits per heavy atom. The molecule has 0 atom stereocenters. The Labute approximate surface area is 145 Å². The van der Waals surface area contributed by atoms with E-state index in [1.165, 1.54) is 17.1 Å². The van der Waals surface area contributed by atoms with E-state index in [4.69, 9.17) is 28.4 Å². The molecule has 0 aliphatic carbocycles. The molecule has 0 aliphatic rings. The zero-order valence-electron chi connectivity index (χ0n) is 12.5. The van der Waals surface area contributed by atoms with Gasteiger partial charge in [0.05, 0.1) is 26.9 Å². The minimum Gasteiger partial charge on any atom is -0.411 e. The van der Waals surface area contributed by atoms with E-state index in [0.717, 1.165) is 12.1 Å². The fourth-order valence-electron chi connectivity index (χ4n) is 1.65. The van der Waals surface area contributed by atoms with Gasteiger partial charge in [-0.25, -0.2) is 4.68 Å². The minimum atomic E-state index is -4.54. The van der Waals surface area contributed by atoms with E-state index in [2.05, 4.69) is 10.3 Å². The second-order valence-corrected chi connectivity index (χ2v) is 5.21. The van der Waals surface area contributed by atoms with Crippen LogP contribution in [0.15, 0.2) is 23.5 Å². The fraction of sp³-hybridized carbons (Fsp3) is 0.214. The Morgan fingerprint density at radius 1 is 1.29 bits per heavy atom. The summed E-state index contributed by atoms with van der Waals surface area (Å²) in [6.45, 7) is 3.23. The van der Waals surface area contributed by atoms with Crippen LogP contribution in [0.5, 0.6) is 0 Å². The lowest BCUT2D eigenvalue weighted by Gasteiger charge is -2.12. The molecule has 0 saturated carbocycles. The number of aldehydes is 1. The van der Waals surface area contributed by atoms with Gasteiger partial charge in [-0.1, -0.05) is 23.2 Å². The van der Waals surface area contributed by atoms with E-state index in [1.807, 2.05) is 0 Å². The standard InChI is InChI=1S/C12H7Cl2F3N2O.C2H5NO/c1-6-7(5-20)4-19(18-6)11-9(13)2-8(3-10(11)14)12(15,16)17;1-2-3-4/h2-5H,1H3;2,4H,1H3. The van der Waals surface area contributed by atoms with Crippen molar-refractivity contribution in [3.8, 4) is 5.69 Å². The molecule has 0 spiro atoms. The van der Waals surface area contributed by atoms with Crippen molar-refractivity contribution in [1.29, 1.82) is 0 Å². The molecule has 1 aromatic heterocycles. The highest BCUT2D eigenvalue weighted by Gasteiger charge is 2.32. The molecule has 0 saturated heterocycles. The fourth-order valence-corrected chi connectivity index (χ4v) is 2.31. The second-order valence-electron chi connectivity index (χ2n) is 4.39. The van der Waals surface area contributed by atoms with Gasteiger partial charge in [0.25, 0.3) is 0 Å². The number of benzene rings is 1. The molecule has 10 heteroatoms. The molecule has 5 nitrogen and oxygen atoms in total. The first-order chi connectivity index (χ1) is 11.1. The maximum atomic E-state index is 12.6. The molecule has 1 aromatic carbocycles. The van der Waals surface area contributed by atoms with Gasteiger partial charge in [-0.3, -0.25) is 4.79 Å². The van der Waals surface area contributed by atoms with Crippen LogP contribution in [0.3, 0.4) is 0 Å². The summed E-state index contributed by atoms with van der Waals surface area (Å²) in [5.74, 6) is 0. The van der Waals surface area contributed by atoms with Crippen molar-refractivity contribution >= 4 is 35.7 Å². The summed E-state index contributed by atoms with van der Waals surface area (Å²) in [4.78, 5) is 10.8. The van der Waals surface area contributed by atoms with Gasteiger partial charge in [-0.05, 0) is 26.0 Å². The maximum Gasteiger partial charge on any atom is 0.416 e. The first kappa shape index (κ1) is 20.0. The third-order valence-electron chi connectivity index (χ3n) is 2.75. The van der Waals surface area contributed by atoms with Crippen molar-refractivity contribution in [2.45, 2.75) is 20.0 Å². The molecule has 0 bridgehead atoms. The molecule has 0 aliphatic heterocycles. The number of hydrogen-bond donors (Lipinski definition) is 1. The van der Waals surface area contributed by atoms with Crippen LogP contribution in [-0.4, -0.2) is 27.5 Å². The van der Waals surface area contributed by atoms with Gasteiger partial charge < -0.3 is 5.21 Å². The molecule has 1 N–H and O–H groups in total. The molecule has 2 aromatic rings. The van der Waals surface area contributed by atoms with Gasteiger partial charge in [0.1, 0.15) is 5.69 Å². The van der Waals surface area contributed by atoms with E-state index in [-0.39, 0.29) is 15.7 Å². The Bertz CT molecular complexity index is 731. The third-order valence-corrected chi connectivity index (χ3v) is 3.33.